The first kappa shape index (κ1) is 12.5. The first-order valence-corrected chi connectivity index (χ1v) is 5.67. The minimum atomic E-state index is -0.559. The van der Waals surface area contributed by atoms with Crippen molar-refractivity contribution in [1.29, 1.82) is 0 Å². The van der Waals surface area contributed by atoms with E-state index in [9.17, 15) is 9.90 Å². The predicted molar refractivity (Wildman–Crippen MR) is 59.5 cm³/mol. The molecule has 2 atom stereocenters. The lowest BCUT2D eigenvalue weighted by Crippen LogP contribution is -2.57. The van der Waals surface area contributed by atoms with Gasteiger partial charge in [0.2, 0.25) is 5.91 Å². The fourth-order valence-electron chi connectivity index (χ4n) is 1.58. The zero-order valence-corrected chi connectivity index (χ0v) is 9.84. The molecular weight excluding hydrogens is 192 g/mol. The van der Waals surface area contributed by atoms with Crippen molar-refractivity contribution in [3.63, 3.8) is 0 Å². The Morgan fingerprint density at radius 3 is 2.67 bits per heavy atom. The third-order valence-corrected chi connectivity index (χ3v) is 3.12. The van der Waals surface area contributed by atoms with Crippen molar-refractivity contribution in [2.45, 2.75) is 57.7 Å². The van der Waals surface area contributed by atoms with Crippen LogP contribution in [-0.4, -0.2) is 35.2 Å². The molecule has 2 unspecified atom stereocenters. The number of aliphatic hydroxyl groups excluding tert-OH is 1. The number of rotatable bonds is 3. The van der Waals surface area contributed by atoms with Gasteiger partial charge in [-0.1, -0.05) is 6.42 Å². The molecule has 1 heterocycles. The van der Waals surface area contributed by atoms with E-state index in [4.69, 9.17) is 0 Å². The Balaban J connectivity index is 2.47. The van der Waals surface area contributed by atoms with Gasteiger partial charge in [0.05, 0.1) is 17.7 Å². The molecule has 4 nitrogen and oxygen atoms in total. The van der Waals surface area contributed by atoms with Gasteiger partial charge in [-0.3, -0.25) is 4.79 Å². The molecule has 1 rings (SSSR count). The summed E-state index contributed by atoms with van der Waals surface area (Å²) in [5.41, 5.74) is -0.559. The second kappa shape index (κ2) is 4.94. The van der Waals surface area contributed by atoms with Gasteiger partial charge in [0, 0.05) is 0 Å². The van der Waals surface area contributed by atoms with Crippen molar-refractivity contribution in [2.75, 3.05) is 6.54 Å². The molecule has 3 N–H and O–H groups in total. The molecule has 15 heavy (non-hydrogen) atoms. The van der Waals surface area contributed by atoms with Crippen LogP contribution < -0.4 is 10.6 Å². The largest absolute Gasteiger partial charge is 0.391 e. The molecule has 88 valence electrons. The summed E-state index contributed by atoms with van der Waals surface area (Å²) in [4.78, 5) is 11.8. The number of piperidine rings is 1. The van der Waals surface area contributed by atoms with Crippen molar-refractivity contribution in [3.8, 4) is 0 Å². The minimum Gasteiger partial charge on any atom is -0.391 e. The van der Waals surface area contributed by atoms with E-state index in [-0.39, 0.29) is 11.9 Å². The van der Waals surface area contributed by atoms with Gasteiger partial charge in [-0.2, -0.15) is 0 Å². The maximum absolute atomic E-state index is 11.8. The van der Waals surface area contributed by atoms with Crippen LogP contribution in [0.1, 0.15) is 40.0 Å². The van der Waals surface area contributed by atoms with Crippen molar-refractivity contribution in [1.82, 2.24) is 10.6 Å². The maximum Gasteiger partial charge on any atom is 0.237 e. The molecule has 1 aliphatic heterocycles. The van der Waals surface area contributed by atoms with Crippen LogP contribution in [0.25, 0.3) is 0 Å². The summed E-state index contributed by atoms with van der Waals surface area (Å²) in [5, 5.41) is 15.6. The number of aliphatic hydroxyl groups is 1. The highest BCUT2D eigenvalue weighted by Crippen LogP contribution is 2.12. The number of hydrogen-bond acceptors (Lipinski definition) is 3. The van der Waals surface area contributed by atoms with Gasteiger partial charge in [0.1, 0.15) is 0 Å². The van der Waals surface area contributed by atoms with Gasteiger partial charge in [0.15, 0.2) is 0 Å². The highest BCUT2D eigenvalue weighted by Gasteiger charge is 2.29. The molecule has 4 heteroatoms. The molecule has 1 fully saturated rings. The average molecular weight is 214 g/mol. The molecule has 0 bridgehead atoms. The summed E-state index contributed by atoms with van der Waals surface area (Å²) in [5.74, 6) is 0.000556. The lowest BCUT2D eigenvalue weighted by Gasteiger charge is -2.32. The summed E-state index contributed by atoms with van der Waals surface area (Å²) in [6.07, 6.45) is 2.58. The molecule has 1 saturated heterocycles. The van der Waals surface area contributed by atoms with Gasteiger partial charge in [-0.15, -0.1) is 0 Å². The van der Waals surface area contributed by atoms with E-state index in [1.807, 2.05) is 13.8 Å². The Morgan fingerprint density at radius 2 is 2.20 bits per heavy atom. The van der Waals surface area contributed by atoms with Gasteiger partial charge >= 0.3 is 0 Å². The summed E-state index contributed by atoms with van der Waals surface area (Å²) < 4.78 is 0. The predicted octanol–water partition coefficient (Wildman–Crippen LogP) is 0.404. The third kappa shape index (κ3) is 3.47. The number of nitrogens with one attached hydrogen (secondary N) is 2. The summed E-state index contributed by atoms with van der Waals surface area (Å²) in [7, 11) is 0. The van der Waals surface area contributed by atoms with E-state index in [0.29, 0.717) is 0 Å². The SMILES string of the molecule is CC(O)C(C)(C)NC(=O)C1CCCCN1. The first-order valence-electron chi connectivity index (χ1n) is 5.67. The molecule has 0 aromatic rings. The van der Waals surface area contributed by atoms with Crippen LogP contribution in [0.2, 0.25) is 0 Å². The van der Waals surface area contributed by atoms with E-state index >= 15 is 0 Å². The van der Waals surface area contributed by atoms with E-state index in [1.165, 1.54) is 0 Å². The monoisotopic (exact) mass is 214 g/mol. The van der Waals surface area contributed by atoms with Crippen LogP contribution in [0.3, 0.4) is 0 Å². The van der Waals surface area contributed by atoms with Gasteiger partial charge in [-0.05, 0) is 40.2 Å². The topological polar surface area (TPSA) is 61.4 Å². The molecule has 0 saturated carbocycles. The molecule has 0 aromatic heterocycles. The Bertz CT molecular complexity index is 221. The second-order valence-corrected chi connectivity index (χ2v) is 4.89. The summed E-state index contributed by atoms with van der Waals surface area (Å²) >= 11 is 0. The lowest BCUT2D eigenvalue weighted by atomic mass is 9.97. The number of amides is 1. The molecule has 0 aromatic carbocycles. The second-order valence-electron chi connectivity index (χ2n) is 4.89. The summed E-state index contributed by atoms with van der Waals surface area (Å²) in [6, 6.07) is -0.0863. The van der Waals surface area contributed by atoms with Gasteiger partial charge < -0.3 is 15.7 Å². The highest BCUT2D eigenvalue weighted by molar-refractivity contribution is 5.82. The normalized spacial score (nSPS) is 24.7. The van der Waals surface area contributed by atoms with Crippen LogP contribution >= 0.6 is 0 Å². The van der Waals surface area contributed by atoms with E-state index in [2.05, 4.69) is 10.6 Å². The zero-order valence-electron chi connectivity index (χ0n) is 9.84. The number of hydrogen-bond donors (Lipinski definition) is 3. The molecule has 1 aliphatic rings. The van der Waals surface area contributed by atoms with Crippen molar-refractivity contribution in [2.24, 2.45) is 0 Å². The van der Waals surface area contributed by atoms with Gasteiger partial charge in [-0.25, -0.2) is 0 Å². The standard InChI is InChI=1S/C11H22N2O2/c1-8(14)11(2,3)13-10(15)9-6-4-5-7-12-9/h8-9,12,14H,4-7H2,1-3H3,(H,13,15). The zero-order chi connectivity index (χ0) is 11.5. The molecule has 0 radical (unpaired) electrons. The quantitative estimate of drug-likeness (QED) is 0.637. The molecule has 0 aliphatic carbocycles. The first-order chi connectivity index (χ1) is 6.93. The Kier molecular flexibility index (Phi) is 4.11. The fourth-order valence-corrected chi connectivity index (χ4v) is 1.58. The van der Waals surface area contributed by atoms with E-state index in [1.54, 1.807) is 6.92 Å². The molecule has 1 amide bonds. The Hall–Kier alpha value is -0.610. The average Bonchev–Trinajstić information content (AvgIpc) is 2.18. The van der Waals surface area contributed by atoms with Crippen LogP contribution in [0.4, 0.5) is 0 Å². The van der Waals surface area contributed by atoms with Crippen LogP contribution in [-0.2, 0) is 4.79 Å². The van der Waals surface area contributed by atoms with Crippen LogP contribution in [0.5, 0.6) is 0 Å². The smallest absolute Gasteiger partial charge is 0.237 e. The van der Waals surface area contributed by atoms with Gasteiger partial charge in [0.25, 0.3) is 0 Å². The number of carbonyl (C=O) groups excluding carboxylic acids is 1. The van der Waals surface area contributed by atoms with Crippen molar-refractivity contribution >= 4 is 5.91 Å². The number of carbonyl (C=O) groups is 1. The molecule has 0 spiro atoms. The van der Waals surface area contributed by atoms with Crippen molar-refractivity contribution in [3.05, 3.63) is 0 Å². The fraction of sp³-hybridized carbons (Fsp3) is 0.909. The minimum absolute atomic E-state index is 0.000556. The Labute approximate surface area is 91.4 Å². The third-order valence-electron chi connectivity index (χ3n) is 3.12. The van der Waals surface area contributed by atoms with Crippen LogP contribution in [0.15, 0.2) is 0 Å². The van der Waals surface area contributed by atoms with Crippen LogP contribution in [0, 0.1) is 0 Å². The maximum atomic E-state index is 11.8. The lowest BCUT2D eigenvalue weighted by molar-refractivity contribution is -0.126. The highest BCUT2D eigenvalue weighted by atomic mass is 16.3. The van der Waals surface area contributed by atoms with E-state index in [0.717, 1.165) is 25.8 Å². The molecular formula is C11H22N2O2. The van der Waals surface area contributed by atoms with Crippen molar-refractivity contribution < 1.29 is 9.90 Å². The summed E-state index contributed by atoms with van der Waals surface area (Å²) in [6.45, 7) is 6.26. The van der Waals surface area contributed by atoms with E-state index < -0.39 is 11.6 Å². The Morgan fingerprint density at radius 1 is 1.53 bits per heavy atom.